The van der Waals surface area contributed by atoms with E-state index in [4.69, 9.17) is 15.3 Å². The Morgan fingerprint density at radius 1 is 1.00 bits per heavy atom. The highest BCUT2D eigenvalue weighted by molar-refractivity contribution is 5.32. The van der Waals surface area contributed by atoms with Crippen molar-refractivity contribution in [3.8, 4) is 0 Å². The van der Waals surface area contributed by atoms with E-state index in [1.165, 1.54) is 11.1 Å². The number of nitrogens with zero attached hydrogens (tertiary/aromatic N) is 1. The Hall–Kier alpha value is -2.40. The van der Waals surface area contributed by atoms with Crippen molar-refractivity contribution in [2.24, 2.45) is 0 Å². The topological polar surface area (TPSA) is 75.4 Å². The van der Waals surface area contributed by atoms with Crippen LogP contribution >= 0.6 is 0 Å². The summed E-state index contributed by atoms with van der Waals surface area (Å²) in [6.45, 7) is 8.96. The fourth-order valence-electron chi connectivity index (χ4n) is 2.99. The van der Waals surface area contributed by atoms with Crippen molar-refractivity contribution in [3.63, 3.8) is 0 Å². The Kier molecular flexibility index (Phi) is 8.08. The van der Waals surface area contributed by atoms with Crippen LogP contribution in [0.25, 0.3) is 0 Å². The zero-order valence-corrected chi connectivity index (χ0v) is 15.3. The van der Waals surface area contributed by atoms with E-state index >= 15 is 0 Å². The fraction of sp³-hybridized carbons (Fsp3) is 0.400. The molecule has 5 nitrogen and oxygen atoms in total. The van der Waals surface area contributed by atoms with Crippen molar-refractivity contribution in [2.75, 3.05) is 0 Å². The van der Waals surface area contributed by atoms with E-state index in [-0.39, 0.29) is 5.54 Å². The van der Waals surface area contributed by atoms with Gasteiger partial charge in [-0.1, -0.05) is 60.7 Å². The first-order valence-corrected chi connectivity index (χ1v) is 8.40. The zero-order valence-electron chi connectivity index (χ0n) is 15.3. The van der Waals surface area contributed by atoms with E-state index in [2.05, 4.69) is 93.7 Å². The van der Waals surface area contributed by atoms with Gasteiger partial charge in [0.2, 0.25) is 0 Å². The van der Waals surface area contributed by atoms with Crippen LogP contribution < -0.4 is 5.32 Å². The van der Waals surface area contributed by atoms with Crippen LogP contribution in [-0.2, 0) is 0 Å². The van der Waals surface area contributed by atoms with Crippen molar-refractivity contribution in [2.45, 2.75) is 51.6 Å². The maximum absolute atomic E-state index is 8.36. The maximum atomic E-state index is 8.36. The van der Waals surface area contributed by atoms with Gasteiger partial charge >= 0.3 is 0 Å². The van der Waals surface area contributed by atoms with Crippen LogP contribution in [0.1, 0.15) is 51.2 Å². The molecule has 0 aliphatic carbocycles. The molecule has 25 heavy (non-hydrogen) atoms. The highest BCUT2D eigenvalue weighted by Gasteiger charge is 2.20. The molecule has 0 saturated heterocycles. The molecule has 2 N–H and O–H groups in total. The van der Waals surface area contributed by atoms with Gasteiger partial charge in [-0.15, -0.1) is 10.1 Å². The first-order valence-electron chi connectivity index (χ1n) is 8.40. The van der Waals surface area contributed by atoms with E-state index in [0.29, 0.717) is 12.0 Å². The number of benzene rings is 2. The van der Waals surface area contributed by atoms with Gasteiger partial charge in [0.25, 0.3) is 5.09 Å². The SMILES string of the molecule is CC(CC(c1ccccc1)c1ccccc1)NC(C)(C)C.O=[N+]([O-])O. The second kappa shape index (κ2) is 9.79. The minimum Gasteiger partial charge on any atom is -0.328 e. The first-order chi connectivity index (χ1) is 11.7. The highest BCUT2D eigenvalue weighted by Crippen LogP contribution is 2.29. The van der Waals surface area contributed by atoms with Crippen molar-refractivity contribution in [1.82, 2.24) is 5.32 Å². The standard InChI is InChI=1S/C20H27N.HNO3/c1-16(21-20(2,3)4)15-19(17-11-7-5-8-12-17)18-13-9-6-10-14-18;2-1(3)4/h5-14,16,19,21H,15H2,1-4H3;(H,2,3,4). The smallest absolute Gasteiger partial charge is 0.291 e. The zero-order chi connectivity index (χ0) is 18.9. The lowest BCUT2D eigenvalue weighted by Crippen LogP contribution is -2.42. The second-order valence-electron chi connectivity index (χ2n) is 7.14. The quantitative estimate of drug-likeness (QED) is 0.612. The minimum atomic E-state index is -1.50. The predicted molar refractivity (Wildman–Crippen MR) is 100 cm³/mol. The molecule has 136 valence electrons. The van der Waals surface area contributed by atoms with Gasteiger partial charge in [-0.2, -0.15) is 0 Å². The number of hydrogen-bond donors (Lipinski definition) is 2. The van der Waals surface area contributed by atoms with Gasteiger partial charge in [-0.3, -0.25) is 0 Å². The van der Waals surface area contributed by atoms with Gasteiger partial charge in [-0.05, 0) is 45.2 Å². The van der Waals surface area contributed by atoms with Crippen LogP contribution in [0.4, 0.5) is 0 Å². The Bertz CT molecular complexity index is 581. The number of rotatable bonds is 5. The van der Waals surface area contributed by atoms with Crippen molar-refractivity contribution in [3.05, 3.63) is 81.9 Å². The van der Waals surface area contributed by atoms with Crippen LogP contribution in [0.5, 0.6) is 0 Å². The third-order valence-corrected chi connectivity index (χ3v) is 3.67. The molecule has 0 aliphatic heterocycles. The largest absolute Gasteiger partial charge is 0.328 e. The Morgan fingerprint density at radius 2 is 1.36 bits per heavy atom. The van der Waals surface area contributed by atoms with Crippen molar-refractivity contribution in [1.29, 1.82) is 0 Å². The summed E-state index contributed by atoms with van der Waals surface area (Å²) in [6, 6.07) is 22.1. The highest BCUT2D eigenvalue weighted by atomic mass is 16.9. The summed E-state index contributed by atoms with van der Waals surface area (Å²) in [7, 11) is 0. The summed E-state index contributed by atoms with van der Waals surface area (Å²) in [4.78, 5) is 8.36. The molecular formula is C20H28N2O3. The average Bonchev–Trinajstić information content (AvgIpc) is 2.52. The fourth-order valence-corrected chi connectivity index (χ4v) is 2.99. The maximum Gasteiger partial charge on any atom is 0.291 e. The molecule has 2 aromatic carbocycles. The lowest BCUT2D eigenvalue weighted by Gasteiger charge is -2.29. The van der Waals surface area contributed by atoms with Gasteiger partial charge in [0.1, 0.15) is 0 Å². The van der Waals surface area contributed by atoms with E-state index in [1.807, 2.05) is 0 Å². The first kappa shape index (κ1) is 20.6. The summed E-state index contributed by atoms with van der Waals surface area (Å²) in [6.07, 6.45) is 1.10. The van der Waals surface area contributed by atoms with E-state index in [0.717, 1.165) is 6.42 Å². The molecule has 1 unspecified atom stereocenters. The minimum absolute atomic E-state index is 0.150. The molecule has 0 spiro atoms. The van der Waals surface area contributed by atoms with Crippen LogP contribution in [0.15, 0.2) is 60.7 Å². The molecule has 0 heterocycles. The lowest BCUT2D eigenvalue weighted by atomic mass is 9.86. The normalized spacial score (nSPS) is 12.2. The number of hydrogen-bond acceptors (Lipinski definition) is 3. The summed E-state index contributed by atoms with van der Waals surface area (Å²) >= 11 is 0. The van der Waals surface area contributed by atoms with Gasteiger partial charge in [0.05, 0.1) is 0 Å². The third kappa shape index (κ3) is 8.86. The van der Waals surface area contributed by atoms with Gasteiger partial charge in [0, 0.05) is 17.5 Å². The van der Waals surface area contributed by atoms with Gasteiger partial charge < -0.3 is 10.5 Å². The second-order valence-corrected chi connectivity index (χ2v) is 7.14. The van der Waals surface area contributed by atoms with Gasteiger partial charge in [0.15, 0.2) is 0 Å². The summed E-state index contributed by atoms with van der Waals surface area (Å²) < 4.78 is 0. The Labute approximate surface area is 149 Å². The molecule has 2 aromatic rings. The molecule has 0 radical (unpaired) electrons. The molecule has 1 atom stereocenters. The monoisotopic (exact) mass is 344 g/mol. The molecule has 0 bridgehead atoms. The Balaban J connectivity index is 0.000000705. The van der Waals surface area contributed by atoms with Crippen molar-refractivity contribution < 1.29 is 10.3 Å². The Morgan fingerprint density at radius 3 is 1.68 bits per heavy atom. The van der Waals surface area contributed by atoms with Crippen LogP contribution in [-0.4, -0.2) is 21.9 Å². The van der Waals surface area contributed by atoms with Gasteiger partial charge in [-0.25, -0.2) is 0 Å². The molecule has 0 aliphatic rings. The summed E-state index contributed by atoms with van der Waals surface area (Å²) in [5.41, 5.74) is 2.94. The predicted octanol–water partition coefficient (Wildman–Crippen LogP) is 4.64. The van der Waals surface area contributed by atoms with Crippen LogP contribution in [0, 0.1) is 10.1 Å². The average molecular weight is 344 g/mol. The molecule has 0 saturated carbocycles. The number of nitrogens with one attached hydrogen (secondary N) is 1. The summed E-state index contributed by atoms with van der Waals surface area (Å²) in [5.74, 6) is 0.442. The third-order valence-electron chi connectivity index (χ3n) is 3.67. The molecule has 0 aromatic heterocycles. The van der Waals surface area contributed by atoms with E-state index < -0.39 is 5.09 Å². The molecule has 5 heteroatoms. The van der Waals surface area contributed by atoms with Crippen LogP contribution in [0.3, 0.4) is 0 Å². The van der Waals surface area contributed by atoms with Crippen molar-refractivity contribution >= 4 is 0 Å². The van der Waals surface area contributed by atoms with E-state index in [9.17, 15) is 0 Å². The molecular weight excluding hydrogens is 316 g/mol. The van der Waals surface area contributed by atoms with Crippen LogP contribution in [0.2, 0.25) is 0 Å². The van der Waals surface area contributed by atoms with E-state index in [1.54, 1.807) is 0 Å². The molecule has 0 fully saturated rings. The molecule has 0 amide bonds. The lowest BCUT2D eigenvalue weighted by molar-refractivity contribution is -0.742. The summed E-state index contributed by atoms with van der Waals surface area (Å²) in [5, 5.41) is 17.3. The molecule has 2 rings (SSSR count).